The van der Waals surface area contributed by atoms with Crippen LogP contribution < -0.4 is 10.6 Å². The van der Waals surface area contributed by atoms with E-state index in [0.29, 0.717) is 17.6 Å². The van der Waals surface area contributed by atoms with E-state index in [9.17, 15) is 4.79 Å². The number of aliphatic imine (C=N–C) groups is 1. The number of carbonyl (C=O) groups excluding carboxylic acids is 1. The molecule has 0 bridgehead atoms. The first-order valence-corrected chi connectivity index (χ1v) is 8.34. The Labute approximate surface area is 139 Å². The number of carbonyl (C=O) groups is 1. The lowest BCUT2D eigenvalue weighted by atomic mass is 9.91. The van der Waals surface area contributed by atoms with Crippen LogP contribution in [0, 0.1) is 5.92 Å². The number of nitrogens with one attached hydrogen (secondary N) is 2. The summed E-state index contributed by atoms with van der Waals surface area (Å²) in [7, 11) is 0. The Morgan fingerprint density at radius 3 is 2.91 bits per heavy atom. The number of hydrogen-bond donors (Lipinski definition) is 2. The predicted octanol–water partition coefficient (Wildman–Crippen LogP) is 3.78. The van der Waals surface area contributed by atoms with Crippen molar-refractivity contribution in [3.05, 3.63) is 59.2 Å². The van der Waals surface area contributed by atoms with Gasteiger partial charge in [0.05, 0.1) is 5.69 Å². The molecule has 3 rings (SSSR count). The lowest BCUT2D eigenvalue weighted by Gasteiger charge is -2.17. The fourth-order valence-electron chi connectivity index (χ4n) is 2.38. The van der Waals surface area contributed by atoms with Gasteiger partial charge in [-0.1, -0.05) is 43.3 Å². The Hall–Kier alpha value is -2.47. The van der Waals surface area contributed by atoms with Crippen LogP contribution in [0.1, 0.15) is 24.1 Å². The van der Waals surface area contributed by atoms with Gasteiger partial charge in [0.15, 0.2) is 5.13 Å². The van der Waals surface area contributed by atoms with E-state index in [1.807, 2.05) is 48.0 Å². The first-order valence-electron chi connectivity index (χ1n) is 7.46. The Morgan fingerprint density at radius 2 is 2.13 bits per heavy atom. The van der Waals surface area contributed by atoms with Crippen molar-refractivity contribution in [1.82, 2.24) is 10.3 Å². The highest BCUT2D eigenvalue weighted by molar-refractivity contribution is 7.13. The molecule has 0 saturated heterocycles. The topological polar surface area (TPSA) is 66.4 Å². The second kappa shape index (κ2) is 7.19. The molecule has 1 aromatic heterocycles. The van der Waals surface area contributed by atoms with Gasteiger partial charge >= 0.3 is 6.03 Å². The maximum atomic E-state index is 11.9. The summed E-state index contributed by atoms with van der Waals surface area (Å²) in [5, 5.41) is 8.20. The largest absolute Gasteiger partial charge is 0.334 e. The van der Waals surface area contributed by atoms with E-state index >= 15 is 0 Å². The van der Waals surface area contributed by atoms with Gasteiger partial charge in [-0.25, -0.2) is 9.78 Å². The van der Waals surface area contributed by atoms with Crippen molar-refractivity contribution in [2.45, 2.75) is 19.4 Å². The van der Waals surface area contributed by atoms with Gasteiger partial charge in [0.1, 0.15) is 0 Å². The Bertz CT molecular complexity index is 723. The van der Waals surface area contributed by atoms with Crippen LogP contribution in [0.25, 0.3) is 0 Å². The molecule has 0 aliphatic carbocycles. The van der Waals surface area contributed by atoms with Gasteiger partial charge in [-0.3, -0.25) is 10.3 Å². The zero-order valence-electron chi connectivity index (χ0n) is 12.8. The van der Waals surface area contributed by atoms with E-state index in [0.717, 1.165) is 11.3 Å². The number of anilines is 1. The molecule has 1 aliphatic rings. The van der Waals surface area contributed by atoms with E-state index in [1.54, 1.807) is 6.20 Å². The van der Waals surface area contributed by atoms with Crippen LogP contribution in [0.2, 0.25) is 0 Å². The average molecular weight is 326 g/mol. The molecule has 5 nitrogen and oxygen atoms in total. The molecule has 0 fully saturated rings. The minimum absolute atomic E-state index is 0.215. The van der Waals surface area contributed by atoms with E-state index < -0.39 is 0 Å². The first kappa shape index (κ1) is 15.4. The fraction of sp³-hybridized carbons (Fsp3) is 0.235. The van der Waals surface area contributed by atoms with Crippen molar-refractivity contribution in [2.75, 3.05) is 5.32 Å². The number of allylic oxidation sites excluding steroid dienone is 1. The smallest absolute Gasteiger partial charge is 0.321 e. The normalized spacial score (nSPS) is 19.5. The van der Waals surface area contributed by atoms with Crippen LogP contribution in [0.4, 0.5) is 9.93 Å². The van der Waals surface area contributed by atoms with Gasteiger partial charge in [-0.2, -0.15) is 0 Å². The van der Waals surface area contributed by atoms with Crippen LogP contribution in [-0.4, -0.2) is 17.2 Å². The number of aromatic nitrogens is 1. The van der Waals surface area contributed by atoms with Crippen LogP contribution in [0.5, 0.6) is 0 Å². The Balaban J connectivity index is 1.55. The summed E-state index contributed by atoms with van der Waals surface area (Å²) in [6.45, 7) is 2.60. The maximum Gasteiger partial charge on any atom is 0.321 e. The van der Waals surface area contributed by atoms with E-state index in [-0.39, 0.29) is 11.9 Å². The molecule has 0 radical (unpaired) electrons. The summed E-state index contributed by atoms with van der Waals surface area (Å²) in [5.74, 6) is 0.522. The van der Waals surface area contributed by atoms with Crippen molar-refractivity contribution < 1.29 is 4.79 Å². The zero-order valence-corrected chi connectivity index (χ0v) is 13.6. The lowest BCUT2D eigenvalue weighted by molar-refractivity contribution is 0.251. The zero-order chi connectivity index (χ0) is 16.1. The second-order valence-electron chi connectivity index (χ2n) is 5.40. The molecule has 0 spiro atoms. The number of thiazole rings is 1. The molecule has 6 heteroatoms. The van der Waals surface area contributed by atoms with Gasteiger partial charge in [0, 0.05) is 36.2 Å². The summed E-state index contributed by atoms with van der Waals surface area (Å²) in [4.78, 5) is 20.6. The van der Waals surface area contributed by atoms with Gasteiger partial charge in [-0.05, 0) is 5.56 Å². The summed E-state index contributed by atoms with van der Waals surface area (Å²) < 4.78 is 0. The molecule has 118 valence electrons. The molecule has 2 N–H and O–H groups in total. The molecule has 2 heterocycles. The van der Waals surface area contributed by atoms with E-state index in [2.05, 4.69) is 27.5 Å². The van der Waals surface area contributed by atoms with Crippen molar-refractivity contribution >= 4 is 28.7 Å². The standard InChI is InChI=1S/C17H18N4OS/c1-12-9-18-8-7-14(12)15-11-23-17(20-15)21-16(22)19-10-13-5-3-2-4-6-13/h2-9,11-12,14H,10H2,1H3,(H2,19,20,21,22). The number of urea groups is 1. The quantitative estimate of drug-likeness (QED) is 0.898. The minimum Gasteiger partial charge on any atom is -0.334 e. The molecule has 2 atom stereocenters. The fourth-order valence-corrected chi connectivity index (χ4v) is 3.13. The van der Waals surface area contributed by atoms with E-state index in [1.165, 1.54) is 11.3 Å². The average Bonchev–Trinajstić information content (AvgIpc) is 3.02. The highest BCUT2D eigenvalue weighted by atomic mass is 32.1. The van der Waals surface area contributed by atoms with Crippen LogP contribution in [0.3, 0.4) is 0 Å². The molecule has 2 aromatic rings. The molecular weight excluding hydrogens is 308 g/mol. The summed E-state index contributed by atoms with van der Waals surface area (Å²) >= 11 is 1.43. The molecule has 23 heavy (non-hydrogen) atoms. The summed E-state index contributed by atoms with van der Waals surface area (Å²) in [5.41, 5.74) is 2.02. The van der Waals surface area contributed by atoms with Crippen LogP contribution >= 0.6 is 11.3 Å². The number of benzene rings is 1. The highest BCUT2D eigenvalue weighted by Crippen LogP contribution is 2.29. The first-order chi connectivity index (χ1) is 11.2. The maximum absolute atomic E-state index is 11.9. The predicted molar refractivity (Wildman–Crippen MR) is 94.0 cm³/mol. The minimum atomic E-state index is -0.247. The molecule has 1 aromatic carbocycles. The number of nitrogens with zero attached hydrogens (tertiary/aromatic N) is 2. The van der Waals surface area contributed by atoms with Crippen LogP contribution in [0.15, 0.2) is 53.0 Å². The van der Waals surface area contributed by atoms with Crippen molar-refractivity contribution in [3.8, 4) is 0 Å². The van der Waals surface area contributed by atoms with Crippen molar-refractivity contribution in [1.29, 1.82) is 0 Å². The lowest BCUT2D eigenvalue weighted by Crippen LogP contribution is -2.28. The monoisotopic (exact) mass is 326 g/mol. The summed E-state index contributed by atoms with van der Waals surface area (Å²) in [6.07, 6.45) is 5.76. The molecule has 0 saturated carbocycles. The molecular formula is C17H18N4OS. The third-order valence-corrected chi connectivity index (χ3v) is 4.42. The third-order valence-electron chi connectivity index (χ3n) is 3.65. The molecule has 1 aliphatic heterocycles. The van der Waals surface area contributed by atoms with Gasteiger partial charge in [0.2, 0.25) is 0 Å². The van der Waals surface area contributed by atoms with Gasteiger partial charge in [0.25, 0.3) is 0 Å². The van der Waals surface area contributed by atoms with Crippen molar-refractivity contribution in [3.63, 3.8) is 0 Å². The van der Waals surface area contributed by atoms with Gasteiger partial charge < -0.3 is 5.32 Å². The van der Waals surface area contributed by atoms with Gasteiger partial charge in [-0.15, -0.1) is 11.3 Å². The Kier molecular flexibility index (Phi) is 4.83. The number of rotatable bonds is 4. The van der Waals surface area contributed by atoms with Crippen molar-refractivity contribution in [2.24, 2.45) is 10.9 Å². The number of hydrogen-bond acceptors (Lipinski definition) is 4. The molecule has 2 amide bonds. The molecule has 2 unspecified atom stereocenters. The summed E-state index contributed by atoms with van der Waals surface area (Å²) in [6, 6.07) is 9.55. The Morgan fingerprint density at radius 1 is 1.30 bits per heavy atom. The number of amides is 2. The van der Waals surface area contributed by atoms with Crippen LogP contribution in [-0.2, 0) is 6.54 Å². The second-order valence-corrected chi connectivity index (χ2v) is 6.25. The highest BCUT2D eigenvalue weighted by Gasteiger charge is 2.20. The van der Waals surface area contributed by atoms with E-state index in [4.69, 9.17) is 0 Å². The third kappa shape index (κ3) is 4.04. The SMILES string of the molecule is CC1C=NC=CC1c1csc(NC(=O)NCc2ccccc2)n1.